The molecule has 7 nitrogen and oxygen atoms in total. The summed E-state index contributed by atoms with van der Waals surface area (Å²) in [5.74, 6) is 0.00279. The van der Waals surface area contributed by atoms with Gasteiger partial charge in [-0.25, -0.2) is 4.98 Å². The predicted molar refractivity (Wildman–Crippen MR) is 107 cm³/mol. The van der Waals surface area contributed by atoms with E-state index in [0.29, 0.717) is 11.2 Å². The Labute approximate surface area is 163 Å². The molecule has 3 heterocycles. The maximum Gasteiger partial charge on any atom is 0.272 e. The lowest BCUT2D eigenvalue weighted by atomic mass is 9.99. The van der Waals surface area contributed by atoms with Crippen molar-refractivity contribution < 1.29 is 4.79 Å². The molecule has 1 aliphatic rings. The predicted octanol–water partition coefficient (Wildman–Crippen LogP) is 2.37. The lowest BCUT2D eigenvalue weighted by molar-refractivity contribution is -0.135. The lowest BCUT2D eigenvalue weighted by Crippen LogP contribution is -2.46. The van der Waals surface area contributed by atoms with Gasteiger partial charge in [-0.05, 0) is 50.8 Å². The van der Waals surface area contributed by atoms with E-state index in [9.17, 15) is 9.59 Å². The van der Waals surface area contributed by atoms with Crippen LogP contribution in [0.25, 0.3) is 11.0 Å². The van der Waals surface area contributed by atoms with Crippen molar-refractivity contribution in [3.05, 3.63) is 58.8 Å². The molecule has 4 rings (SSSR count). The number of aromatic nitrogens is 4. The first kappa shape index (κ1) is 18.4. The fourth-order valence-corrected chi connectivity index (χ4v) is 4.05. The third-order valence-electron chi connectivity index (χ3n) is 5.51. The fraction of sp³-hybridized carbons (Fsp3) is 0.429. The van der Waals surface area contributed by atoms with Crippen LogP contribution in [0.4, 0.5) is 0 Å². The summed E-state index contributed by atoms with van der Waals surface area (Å²) in [7, 11) is 0. The Morgan fingerprint density at radius 3 is 2.89 bits per heavy atom. The molecule has 1 aromatic carbocycles. The normalized spacial score (nSPS) is 17.2. The van der Waals surface area contributed by atoms with Gasteiger partial charge in [-0.2, -0.15) is 5.10 Å². The number of nitrogens with zero attached hydrogens (tertiary/aromatic N) is 5. The molecule has 7 heteroatoms. The van der Waals surface area contributed by atoms with E-state index < -0.39 is 0 Å². The lowest BCUT2D eigenvalue weighted by Gasteiger charge is -2.36. The van der Waals surface area contributed by atoms with Crippen LogP contribution >= 0.6 is 0 Å². The van der Waals surface area contributed by atoms with Crippen LogP contribution in [0, 0.1) is 6.92 Å². The van der Waals surface area contributed by atoms with Gasteiger partial charge < -0.3 is 4.90 Å². The van der Waals surface area contributed by atoms with E-state index in [1.54, 1.807) is 17.7 Å². The van der Waals surface area contributed by atoms with Gasteiger partial charge in [0.05, 0.1) is 11.0 Å². The number of carbonyl (C=O) groups is 1. The zero-order valence-electron chi connectivity index (χ0n) is 16.1. The minimum Gasteiger partial charge on any atom is -0.338 e. The van der Waals surface area contributed by atoms with Gasteiger partial charge in [-0.15, -0.1) is 0 Å². The Kier molecular flexibility index (Phi) is 5.23. The molecule has 0 aliphatic carbocycles. The van der Waals surface area contributed by atoms with E-state index in [-0.39, 0.29) is 24.1 Å². The zero-order valence-corrected chi connectivity index (χ0v) is 16.1. The Morgan fingerprint density at radius 2 is 2.07 bits per heavy atom. The Hall–Kier alpha value is -2.96. The SMILES string of the molecule is Cc1nc2ccccc2n(CC(=O)N2CCCC[C@@H]2CCn2cccn2)c1=O. The number of hydrogen-bond donors (Lipinski definition) is 0. The van der Waals surface area contributed by atoms with E-state index in [2.05, 4.69) is 10.1 Å². The zero-order chi connectivity index (χ0) is 19.5. The number of amides is 1. The number of likely N-dealkylation sites (tertiary alicyclic amines) is 1. The number of hydrogen-bond acceptors (Lipinski definition) is 4. The molecule has 28 heavy (non-hydrogen) atoms. The van der Waals surface area contributed by atoms with E-state index in [0.717, 1.165) is 44.3 Å². The second kappa shape index (κ2) is 7.96. The number of benzene rings is 1. The van der Waals surface area contributed by atoms with Crippen molar-refractivity contribution >= 4 is 16.9 Å². The summed E-state index contributed by atoms with van der Waals surface area (Å²) in [4.78, 5) is 32.2. The minimum absolute atomic E-state index is 0.00279. The molecule has 1 fully saturated rings. The molecular formula is C21H25N5O2. The molecule has 1 aliphatic heterocycles. The molecule has 1 saturated heterocycles. The van der Waals surface area contributed by atoms with Crippen LogP contribution in [0.1, 0.15) is 31.4 Å². The van der Waals surface area contributed by atoms with Crippen molar-refractivity contribution in [2.75, 3.05) is 6.54 Å². The quantitative estimate of drug-likeness (QED) is 0.682. The molecule has 2 aromatic heterocycles. The summed E-state index contributed by atoms with van der Waals surface area (Å²) in [6.07, 6.45) is 7.73. The third-order valence-corrected chi connectivity index (χ3v) is 5.51. The van der Waals surface area contributed by atoms with Gasteiger partial charge in [0.2, 0.25) is 5.91 Å². The van der Waals surface area contributed by atoms with Gasteiger partial charge >= 0.3 is 0 Å². The highest BCUT2D eigenvalue weighted by atomic mass is 16.2. The topological polar surface area (TPSA) is 73.0 Å². The van der Waals surface area contributed by atoms with E-state index in [4.69, 9.17) is 0 Å². The van der Waals surface area contributed by atoms with Gasteiger partial charge in [0.25, 0.3) is 5.56 Å². The number of fused-ring (bicyclic) bond motifs is 1. The highest BCUT2D eigenvalue weighted by Crippen LogP contribution is 2.21. The molecule has 0 saturated carbocycles. The van der Waals surface area contributed by atoms with Crippen molar-refractivity contribution in [1.82, 2.24) is 24.2 Å². The van der Waals surface area contributed by atoms with Gasteiger partial charge in [0.15, 0.2) is 0 Å². The van der Waals surface area contributed by atoms with Crippen LogP contribution in [0.5, 0.6) is 0 Å². The Morgan fingerprint density at radius 1 is 1.21 bits per heavy atom. The molecule has 3 aromatic rings. The summed E-state index contributed by atoms with van der Waals surface area (Å²) in [5.41, 5.74) is 1.66. The summed E-state index contributed by atoms with van der Waals surface area (Å²) in [6.45, 7) is 3.29. The van der Waals surface area contributed by atoms with Crippen molar-refractivity contribution in [3.63, 3.8) is 0 Å². The van der Waals surface area contributed by atoms with Crippen LogP contribution in [0.3, 0.4) is 0 Å². The molecule has 146 valence electrons. The molecule has 0 spiro atoms. The largest absolute Gasteiger partial charge is 0.338 e. The summed E-state index contributed by atoms with van der Waals surface area (Å²) >= 11 is 0. The Bertz CT molecular complexity index is 1020. The van der Waals surface area contributed by atoms with Crippen molar-refractivity contribution in [2.24, 2.45) is 0 Å². The first-order chi connectivity index (χ1) is 13.6. The molecular weight excluding hydrogens is 354 g/mol. The van der Waals surface area contributed by atoms with Gasteiger partial charge in [-0.3, -0.25) is 18.8 Å². The van der Waals surface area contributed by atoms with Crippen LogP contribution in [0.15, 0.2) is 47.5 Å². The van der Waals surface area contributed by atoms with Gasteiger partial charge in [0, 0.05) is 31.5 Å². The monoisotopic (exact) mass is 379 g/mol. The highest BCUT2D eigenvalue weighted by Gasteiger charge is 2.27. The maximum atomic E-state index is 13.2. The van der Waals surface area contributed by atoms with Crippen LogP contribution in [-0.2, 0) is 17.9 Å². The maximum absolute atomic E-state index is 13.2. The summed E-state index contributed by atoms with van der Waals surface area (Å²) in [6, 6.07) is 9.58. The second-order valence-corrected chi connectivity index (χ2v) is 7.37. The average molecular weight is 379 g/mol. The van der Waals surface area contributed by atoms with E-state index >= 15 is 0 Å². The minimum atomic E-state index is -0.197. The first-order valence-corrected chi connectivity index (χ1v) is 9.86. The van der Waals surface area contributed by atoms with E-state index in [1.807, 2.05) is 46.1 Å². The third kappa shape index (κ3) is 3.69. The van der Waals surface area contributed by atoms with E-state index in [1.165, 1.54) is 0 Å². The molecule has 1 amide bonds. The van der Waals surface area contributed by atoms with Crippen LogP contribution in [-0.4, -0.2) is 42.7 Å². The number of rotatable bonds is 5. The molecule has 0 radical (unpaired) electrons. The highest BCUT2D eigenvalue weighted by molar-refractivity contribution is 5.80. The summed E-state index contributed by atoms with van der Waals surface area (Å²) in [5, 5.41) is 4.25. The molecule has 1 atom stereocenters. The fourth-order valence-electron chi connectivity index (χ4n) is 4.05. The smallest absolute Gasteiger partial charge is 0.272 e. The standard InChI is InChI=1S/C21H25N5O2/c1-16-21(28)26(19-9-3-2-8-18(19)23-16)15-20(27)25-13-5-4-7-17(25)10-14-24-12-6-11-22-24/h2-3,6,8-9,11-12,17H,4-5,7,10,13-15H2,1H3/t17-/m1/s1. The molecule has 0 bridgehead atoms. The summed E-state index contributed by atoms with van der Waals surface area (Å²) < 4.78 is 3.47. The molecule has 0 unspecified atom stereocenters. The van der Waals surface area contributed by atoms with Crippen molar-refractivity contribution in [1.29, 1.82) is 0 Å². The number of aryl methyl sites for hydroxylation is 2. The van der Waals surface area contributed by atoms with Crippen molar-refractivity contribution in [2.45, 2.75) is 51.7 Å². The van der Waals surface area contributed by atoms with Gasteiger partial charge in [-0.1, -0.05) is 12.1 Å². The van der Waals surface area contributed by atoms with Crippen molar-refractivity contribution in [3.8, 4) is 0 Å². The number of para-hydroxylation sites is 2. The first-order valence-electron chi connectivity index (χ1n) is 9.86. The number of carbonyl (C=O) groups excluding carboxylic acids is 1. The number of piperidine rings is 1. The molecule has 0 N–H and O–H groups in total. The Balaban J connectivity index is 1.56. The van der Waals surface area contributed by atoms with Crippen LogP contribution < -0.4 is 5.56 Å². The van der Waals surface area contributed by atoms with Crippen LogP contribution in [0.2, 0.25) is 0 Å². The second-order valence-electron chi connectivity index (χ2n) is 7.37. The van der Waals surface area contributed by atoms with Gasteiger partial charge in [0.1, 0.15) is 12.2 Å². The average Bonchev–Trinajstić information content (AvgIpc) is 3.23.